The van der Waals surface area contributed by atoms with E-state index >= 15 is 0 Å². The molecule has 0 aliphatic heterocycles. The summed E-state index contributed by atoms with van der Waals surface area (Å²) >= 11 is 0. The van der Waals surface area contributed by atoms with Crippen LogP contribution in [0, 0.1) is 11.8 Å². The zero-order valence-corrected chi connectivity index (χ0v) is 15.2. The number of aromatic nitrogens is 1. The summed E-state index contributed by atoms with van der Waals surface area (Å²) < 4.78 is 0. The third kappa shape index (κ3) is 2.96. The van der Waals surface area contributed by atoms with Crippen molar-refractivity contribution >= 4 is 10.9 Å². The van der Waals surface area contributed by atoms with Crippen LogP contribution in [0.25, 0.3) is 10.9 Å². The minimum atomic E-state index is 0.745. The number of para-hydroxylation sites is 1. The number of benzene rings is 1. The maximum Gasteiger partial charge on any atom is 0.0705 e. The summed E-state index contributed by atoms with van der Waals surface area (Å²) in [5, 5.41) is 1.30. The molecule has 4 rings (SSSR count). The maximum atomic E-state index is 4.49. The minimum absolute atomic E-state index is 0.745. The van der Waals surface area contributed by atoms with Crippen LogP contribution in [0.1, 0.15) is 31.2 Å². The SMILES string of the molecule is CN(C)C1C[C@@H]2CC(N(C)Cc3ccnc4ccccc34)C[C@@H]2C1. The van der Waals surface area contributed by atoms with E-state index < -0.39 is 0 Å². The first kappa shape index (κ1) is 16.0. The highest BCUT2D eigenvalue weighted by atomic mass is 15.1. The smallest absolute Gasteiger partial charge is 0.0705 e. The molecule has 0 N–H and O–H groups in total. The molecule has 2 aliphatic rings. The Morgan fingerprint density at radius 3 is 2.29 bits per heavy atom. The van der Waals surface area contributed by atoms with Gasteiger partial charge >= 0.3 is 0 Å². The van der Waals surface area contributed by atoms with Gasteiger partial charge in [-0.05, 0) is 76.4 Å². The molecule has 0 amide bonds. The van der Waals surface area contributed by atoms with E-state index in [1.807, 2.05) is 6.20 Å². The predicted octanol–water partition coefficient (Wildman–Crippen LogP) is 3.79. The summed E-state index contributed by atoms with van der Waals surface area (Å²) in [4.78, 5) is 9.51. The van der Waals surface area contributed by atoms with Crippen molar-refractivity contribution in [3.05, 3.63) is 42.1 Å². The third-order valence-electron chi connectivity index (χ3n) is 6.48. The molecule has 2 saturated carbocycles. The van der Waals surface area contributed by atoms with E-state index in [1.165, 1.54) is 36.6 Å². The normalized spacial score (nSPS) is 29.7. The van der Waals surface area contributed by atoms with Crippen LogP contribution < -0.4 is 0 Å². The second-order valence-electron chi connectivity index (χ2n) is 8.14. The highest BCUT2D eigenvalue weighted by molar-refractivity contribution is 5.81. The Kier molecular flexibility index (Phi) is 4.31. The van der Waals surface area contributed by atoms with Gasteiger partial charge in [0.1, 0.15) is 0 Å². The summed E-state index contributed by atoms with van der Waals surface area (Å²) in [6.45, 7) is 1.03. The molecular formula is C21H29N3. The quantitative estimate of drug-likeness (QED) is 0.853. The summed E-state index contributed by atoms with van der Waals surface area (Å²) in [7, 11) is 6.79. The largest absolute Gasteiger partial charge is 0.306 e. The Balaban J connectivity index is 1.43. The van der Waals surface area contributed by atoms with E-state index in [9.17, 15) is 0 Å². The Labute approximate surface area is 145 Å². The fourth-order valence-corrected chi connectivity index (χ4v) is 5.02. The van der Waals surface area contributed by atoms with Crippen molar-refractivity contribution in [2.75, 3.05) is 21.1 Å². The summed E-state index contributed by atoms with van der Waals surface area (Å²) in [5.74, 6) is 1.89. The molecule has 3 nitrogen and oxygen atoms in total. The van der Waals surface area contributed by atoms with Gasteiger partial charge in [-0.1, -0.05) is 18.2 Å². The number of hydrogen-bond acceptors (Lipinski definition) is 3. The van der Waals surface area contributed by atoms with Crippen molar-refractivity contribution in [1.82, 2.24) is 14.8 Å². The second-order valence-corrected chi connectivity index (χ2v) is 8.14. The topological polar surface area (TPSA) is 19.4 Å². The van der Waals surface area contributed by atoms with Crippen molar-refractivity contribution in [3.8, 4) is 0 Å². The van der Waals surface area contributed by atoms with Crippen LogP contribution in [0.4, 0.5) is 0 Å². The van der Waals surface area contributed by atoms with Crippen LogP contribution >= 0.6 is 0 Å². The maximum absolute atomic E-state index is 4.49. The zero-order valence-electron chi connectivity index (χ0n) is 15.2. The molecule has 1 aromatic heterocycles. The molecule has 0 saturated heterocycles. The summed E-state index contributed by atoms with van der Waals surface area (Å²) in [6, 6.07) is 12.3. The van der Waals surface area contributed by atoms with Gasteiger partial charge in [-0.25, -0.2) is 0 Å². The van der Waals surface area contributed by atoms with E-state index in [0.29, 0.717) is 0 Å². The van der Waals surface area contributed by atoms with Crippen LogP contribution in [0.3, 0.4) is 0 Å². The molecule has 2 aliphatic carbocycles. The lowest BCUT2D eigenvalue weighted by atomic mass is 10.0. The molecule has 128 valence electrons. The Hall–Kier alpha value is -1.45. The van der Waals surface area contributed by atoms with Gasteiger partial charge in [0.2, 0.25) is 0 Å². The van der Waals surface area contributed by atoms with Gasteiger partial charge in [-0.15, -0.1) is 0 Å². The number of nitrogens with zero attached hydrogens (tertiary/aromatic N) is 3. The monoisotopic (exact) mass is 323 g/mol. The molecule has 2 unspecified atom stereocenters. The van der Waals surface area contributed by atoms with Gasteiger partial charge < -0.3 is 4.90 Å². The van der Waals surface area contributed by atoms with Crippen LogP contribution in [0.2, 0.25) is 0 Å². The van der Waals surface area contributed by atoms with Crippen molar-refractivity contribution in [2.45, 2.75) is 44.3 Å². The van der Waals surface area contributed by atoms with E-state index in [2.05, 4.69) is 66.3 Å². The molecule has 0 spiro atoms. The molecule has 2 aromatic rings. The van der Waals surface area contributed by atoms with Crippen LogP contribution in [-0.4, -0.2) is 48.0 Å². The van der Waals surface area contributed by atoms with Crippen LogP contribution in [0.15, 0.2) is 36.5 Å². The molecule has 2 fully saturated rings. The van der Waals surface area contributed by atoms with Crippen LogP contribution in [0.5, 0.6) is 0 Å². The van der Waals surface area contributed by atoms with Crippen molar-refractivity contribution in [1.29, 1.82) is 0 Å². The first-order valence-corrected chi connectivity index (χ1v) is 9.31. The Bertz CT molecular complexity index is 692. The summed E-state index contributed by atoms with van der Waals surface area (Å²) in [5.41, 5.74) is 2.52. The minimum Gasteiger partial charge on any atom is -0.306 e. The average molecular weight is 323 g/mol. The van der Waals surface area contributed by atoms with Crippen molar-refractivity contribution < 1.29 is 0 Å². The number of fused-ring (bicyclic) bond motifs is 2. The van der Waals surface area contributed by atoms with Gasteiger partial charge in [0.25, 0.3) is 0 Å². The van der Waals surface area contributed by atoms with Crippen molar-refractivity contribution in [2.24, 2.45) is 11.8 Å². The number of hydrogen-bond donors (Lipinski definition) is 0. The van der Waals surface area contributed by atoms with Crippen molar-refractivity contribution in [3.63, 3.8) is 0 Å². The lowest BCUT2D eigenvalue weighted by molar-refractivity contribution is 0.212. The molecule has 0 radical (unpaired) electrons. The van der Waals surface area contributed by atoms with E-state index in [0.717, 1.165) is 36.0 Å². The molecule has 1 heterocycles. The first-order valence-electron chi connectivity index (χ1n) is 9.31. The fraction of sp³-hybridized carbons (Fsp3) is 0.571. The Morgan fingerprint density at radius 1 is 0.917 bits per heavy atom. The second kappa shape index (κ2) is 6.45. The fourth-order valence-electron chi connectivity index (χ4n) is 5.02. The highest BCUT2D eigenvalue weighted by Crippen LogP contribution is 2.46. The lowest BCUT2D eigenvalue weighted by Crippen LogP contribution is -2.31. The standard InChI is InChI=1S/C21H29N3/c1-23(2)18-10-16-12-19(13-17(16)11-18)24(3)14-15-8-9-22-21-7-5-4-6-20(15)21/h4-9,16-19H,10-14H2,1-3H3/t16-,17+,18?,19?. The molecular weight excluding hydrogens is 294 g/mol. The first-order chi connectivity index (χ1) is 11.6. The van der Waals surface area contributed by atoms with Gasteiger partial charge in [0.05, 0.1) is 5.52 Å². The zero-order chi connectivity index (χ0) is 16.7. The van der Waals surface area contributed by atoms with E-state index in [-0.39, 0.29) is 0 Å². The Morgan fingerprint density at radius 2 is 1.58 bits per heavy atom. The number of pyridine rings is 1. The molecule has 1 aromatic carbocycles. The average Bonchev–Trinajstić information content (AvgIpc) is 3.14. The van der Waals surface area contributed by atoms with Gasteiger partial charge in [0, 0.05) is 30.2 Å². The molecule has 4 atom stereocenters. The predicted molar refractivity (Wildman–Crippen MR) is 99.9 cm³/mol. The molecule has 24 heavy (non-hydrogen) atoms. The third-order valence-corrected chi connectivity index (χ3v) is 6.48. The highest BCUT2D eigenvalue weighted by Gasteiger charge is 2.43. The number of rotatable bonds is 4. The molecule has 0 bridgehead atoms. The van der Waals surface area contributed by atoms with Crippen LogP contribution in [-0.2, 0) is 6.54 Å². The lowest BCUT2D eigenvalue weighted by Gasteiger charge is -2.27. The molecule has 3 heteroatoms. The summed E-state index contributed by atoms with van der Waals surface area (Å²) in [6.07, 6.45) is 7.53. The van der Waals surface area contributed by atoms with E-state index in [4.69, 9.17) is 0 Å². The van der Waals surface area contributed by atoms with Gasteiger partial charge in [-0.3, -0.25) is 9.88 Å². The van der Waals surface area contributed by atoms with Gasteiger partial charge in [-0.2, -0.15) is 0 Å². The van der Waals surface area contributed by atoms with Gasteiger partial charge in [0.15, 0.2) is 0 Å². The van der Waals surface area contributed by atoms with E-state index in [1.54, 1.807) is 0 Å².